The maximum atomic E-state index is 12.2. The van der Waals surface area contributed by atoms with Gasteiger partial charge in [-0.1, -0.05) is 24.4 Å². The average molecular weight is 619 g/mol. The van der Waals surface area contributed by atoms with Gasteiger partial charge in [0.25, 0.3) is 5.91 Å². The van der Waals surface area contributed by atoms with E-state index in [1.54, 1.807) is 0 Å². The van der Waals surface area contributed by atoms with Crippen LogP contribution in [-0.4, -0.2) is 68.1 Å². The molecule has 0 aliphatic rings. The van der Waals surface area contributed by atoms with Crippen LogP contribution in [0.25, 0.3) is 0 Å². The number of carboxylic acids is 1. The maximum absolute atomic E-state index is 12.2. The third kappa shape index (κ3) is 14.8. The van der Waals surface area contributed by atoms with Crippen molar-refractivity contribution in [3.63, 3.8) is 0 Å². The Balaban J connectivity index is 0.00000112. The molecular formula is C23H34ClF3N12O3. The van der Waals surface area contributed by atoms with Gasteiger partial charge in [0, 0.05) is 25.5 Å². The number of aryl methyl sites for hydroxylation is 2. The van der Waals surface area contributed by atoms with Gasteiger partial charge in [0.2, 0.25) is 0 Å². The zero-order chi connectivity index (χ0) is 31.7. The number of anilines is 2. The fourth-order valence-corrected chi connectivity index (χ4v) is 3.19. The lowest BCUT2D eigenvalue weighted by Gasteiger charge is -2.07. The largest absolute Gasteiger partial charge is 0.490 e. The van der Waals surface area contributed by atoms with E-state index in [-0.39, 0.29) is 34.4 Å². The number of hydrogen-bond donors (Lipinski definition) is 7. The number of rotatable bonds is 13. The van der Waals surface area contributed by atoms with Crippen molar-refractivity contribution >= 4 is 47.0 Å². The molecule has 0 spiro atoms. The summed E-state index contributed by atoms with van der Waals surface area (Å²) in [5.74, 6) is -3.53. The molecule has 2 aromatic heterocycles. The van der Waals surface area contributed by atoms with E-state index in [1.807, 2.05) is 12.4 Å². The highest BCUT2D eigenvalue weighted by molar-refractivity contribution is 6.31. The summed E-state index contributed by atoms with van der Waals surface area (Å²) in [4.78, 5) is 45.8. The lowest BCUT2D eigenvalue weighted by molar-refractivity contribution is -0.192. The minimum atomic E-state index is -5.08. The van der Waals surface area contributed by atoms with Crippen LogP contribution in [0.5, 0.6) is 0 Å². The second-order valence-corrected chi connectivity index (χ2v) is 8.94. The Kier molecular flexibility index (Phi) is 15.3. The van der Waals surface area contributed by atoms with Crippen LogP contribution < -0.4 is 34.0 Å². The molecule has 1 amide bonds. The van der Waals surface area contributed by atoms with E-state index < -0.39 is 18.1 Å². The maximum Gasteiger partial charge on any atom is 0.490 e. The van der Waals surface area contributed by atoms with E-state index in [9.17, 15) is 18.0 Å². The van der Waals surface area contributed by atoms with Gasteiger partial charge >= 0.3 is 12.1 Å². The molecule has 0 bridgehead atoms. The lowest BCUT2D eigenvalue weighted by Crippen LogP contribution is -2.38. The molecule has 12 N–H and O–H groups in total. The van der Waals surface area contributed by atoms with Crippen molar-refractivity contribution in [1.82, 2.24) is 25.3 Å². The number of nitrogens with two attached hydrogens (primary N) is 5. The number of aliphatic carboxylic acids is 1. The molecule has 0 aliphatic carbocycles. The number of aliphatic imine (C=N–C) groups is 2. The van der Waals surface area contributed by atoms with E-state index in [4.69, 9.17) is 50.2 Å². The van der Waals surface area contributed by atoms with Crippen molar-refractivity contribution in [2.75, 3.05) is 24.6 Å². The highest BCUT2D eigenvalue weighted by atomic mass is 35.5. The van der Waals surface area contributed by atoms with Gasteiger partial charge in [-0.25, -0.2) is 14.8 Å². The lowest BCUT2D eigenvalue weighted by atomic mass is 10.1. The summed E-state index contributed by atoms with van der Waals surface area (Å²) in [5, 5.41) is 9.42. The van der Waals surface area contributed by atoms with Crippen molar-refractivity contribution in [2.24, 2.45) is 27.2 Å². The first kappa shape index (κ1) is 35.5. The Bertz CT molecular complexity index is 1220. The number of alkyl halides is 3. The van der Waals surface area contributed by atoms with Crippen LogP contribution >= 0.6 is 11.6 Å². The Labute approximate surface area is 244 Å². The van der Waals surface area contributed by atoms with Gasteiger partial charge < -0.3 is 33.8 Å². The SMILES string of the molecule is NC(N)=NCCCCCc1cnc(CCCCCN=C(N)NC(=O)c2nc(Cl)c(N)nc2N)cn1.O=C(O)C(F)(F)F. The first-order valence-corrected chi connectivity index (χ1v) is 12.9. The Morgan fingerprint density at radius 2 is 1.36 bits per heavy atom. The molecule has 232 valence electrons. The molecular weight excluding hydrogens is 585 g/mol. The number of carbonyl (C=O) groups excluding carboxylic acids is 1. The monoisotopic (exact) mass is 618 g/mol. The summed E-state index contributed by atoms with van der Waals surface area (Å²) >= 11 is 5.78. The van der Waals surface area contributed by atoms with Gasteiger partial charge in [0.05, 0.1) is 11.4 Å². The molecule has 0 unspecified atom stereocenters. The van der Waals surface area contributed by atoms with Crippen molar-refractivity contribution in [2.45, 2.75) is 57.5 Å². The predicted molar refractivity (Wildman–Crippen MR) is 151 cm³/mol. The average Bonchev–Trinajstić information content (AvgIpc) is 2.90. The minimum Gasteiger partial charge on any atom is -0.475 e. The molecule has 0 radical (unpaired) electrons. The fourth-order valence-electron chi connectivity index (χ4n) is 3.06. The van der Waals surface area contributed by atoms with Crippen molar-refractivity contribution < 1.29 is 27.9 Å². The Morgan fingerprint density at radius 3 is 1.81 bits per heavy atom. The molecule has 0 saturated heterocycles. The van der Waals surface area contributed by atoms with Gasteiger partial charge in [-0.05, 0) is 38.5 Å². The van der Waals surface area contributed by atoms with Gasteiger partial charge in [-0.2, -0.15) is 13.2 Å². The van der Waals surface area contributed by atoms with E-state index in [1.165, 1.54) is 0 Å². The second-order valence-electron chi connectivity index (χ2n) is 8.58. The summed E-state index contributed by atoms with van der Waals surface area (Å²) < 4.78 is 31.7. The molecule has 19 heteroatoms. The molecule has 42 heavy (non-hydrogen) atoms. The molecule has 0 fully saturated rings. The number of guanidine groups is 2. The Morgan fingerprint density at radius 1 is 0.857 bits per heavy atom. The molecule has 2 aromatic rings. The van der Waals surface area contributed by atoms with E-state index >= 15 is 0 Å². The topological polar surface area (TPSA) is 273 Å². The van der Waals surface area contributed by atoms with E-state index in [0.717, 1.165) is 62.8 Å². The van der Waals surface area contributed by atoms with Crippen LogP contribution in [0.15, 0.2) is 22.4 Å². The second kappa shape index (κ2) is 18.1. The van der Waals surface area contributed by atoms with E-state index in [0.29, 0.717) is 13.1 Å². The predicted octanol–water partition coefficient (Wildman–Crippen LogP) is 1.16. The standard InChI is InChI=1S/C21H33ClN12O.C2HF3O2/c22-16-18(24)33-17(23)15(32-16)19(35)34-21(27)29-10-6-2-4-8-14-12-30-13(11-31-14)7-3-1-5-9-28-20(25)26;3-2(4,5)1(6)7/h11-12H,1-10H2,(H4,23,24,33)(H4,25,26,28)(H3,27,29,34,35);(H,6,7). The van der Waals surface area contributed by atoms with Crippen LogP contribution in [0.3, 0.4) is 0 Å². The summed E-state index contributed by atoms with van der Waals surface area (Å²) in [5.41, 5.74) is 29.3. The number of nitrogens with zero attached hydrogens (tertiary/aromatic N) is 6. The molecule has 2 rings (SSSR count). The minimum absolute atomic E-state index is 0.0400. The van der Waals surface area contributed by atoms with Gasteiger partial charge in [-0.3, -0.25) is 30.1 Å². The Hall–Kier alpha value is -4.48. The normalized spacial score (nSPS) is 11.3. The molecule has 15 nitrogen and oxygen atoms in total. The fraction of sp³-hybridized carbons (Fsp3) is 0.478. The van der Waals surface area contributed by atoms with Crippen molar-refractivity contribution in [3.8, 4) is 0 Å². The number of carbonyl (C=O) groups is 2. The van der Waals surface area contributed by atoms with E-state index in [2.05, 4.69) is 35.2 Å². The molecule has 0 atom stereocenters. The van der Waals surface area contributed by atoms with Gasteiger partial charge in [0.1, 0.15) is 0 Å². The summed E-state index contributed by atoms with van der Waals surface area (Å²) in [6.07, 6.45) is 5.98. The number of nitrogen functional groups attached to an aromatic ring is 2. The number of aromatic nitrogens is 4. The highest BCUT2D eigenvalue weighted by Crippen LogP contribution is 2.17. The first-order valence-electron chi connectivity index (χ1n) is 12.6. The van der Waals surface area contributed by atoms with Crippen LogP contribution in [0, 0.1) is 0 Å². The number of halogens is 4. The van der Waals surface area contributed by atoms with Gasteiger partial charge in [0.15, 0.2) is 34.4 Å². The molecule has 0 saturated carbocycles. The number of hydrogen-bond acceptors (Lipinski definition) is 10. The summed E-state index contributed by atoms with van der Waals surface area (Å²) in [7, 11) is 0. The van der Waals surface area contributed by atoms with Crippen LogP contribution in [0.4, 0.5) is 24.8 Å². The summed E-state index contributed by atoms with van der Waals surface area (Å²) in [6.45, 7) is 1.12. The van der Waals surface area contributed by atoms with Crippen LogP contribution in [-0.2, 0) is 17.6 Å². The van der Waals surface area contributed by atoms with Crippen molar-refractivity contribution in [1.29, 1.82) is 0 Å². The van der Waals surface area contributed by atoms with Gasteiger partial charge in [-0.15, -0.1) is 0 Å². The quantitative estimate of drug-likeness (QED) is 0.0946. The smallest absolute Gasteiger partial charge is 0.475 e. The molecule has 0 aromatic carbocycles. The number of amides is 1. The van der Waals surface area contributed by atoms with Crippen molar-refractivity contribution in [3.05, 3.63) is 34.6 Å². The first-order chi connectivity index (χ1) is 19.7. The summed E-state index contributed by atoms with van der Waals surface area (Å²) in [6, 6.07) is 0. The number of carboxylic acid groups (broad SMARTS) is 1. The number of unbranched alkanes of at least 4 members (excludes halogenated alkanes) is 4. The zero-order valence-corrected chi connectivity index (χ0v) is 23.3. The highest BCUT2D eigenvalue weighted by Gasteiger charge is 2.38. The zero-order valence-electron chi connectivity index (χ0n) is 22.6. The third-order valence-electron chi connectivity index (χ3n) is 5.12. The molecule has 0 aliphatic heterocycles. The third-order valence-corrected chi connectivity index (χ3v) is 5.40. The van der Waals surface area contributed by atoms with Crippen LogP contribution in [0.1, 0.15) is 60.4 Å². The molecule has 2 heterocycles. The number of nitrogens with one attached hydrogen (secondary N) is 1. The van der Waals surface area contributed by atoms with Crippen LogP contribution in [0.2, 0.25) is 5.15 Å².